The molecule has 4 rings (SSSR count). The molecule has 1 N–H and O–H groups in total. The molecule has 168 valence electrons. The van der Waals surface area contributed by atoms with Crippen LogP contribution >= 0.6 is 11.3 Å². The van der Waals surface area contributed by atoms with Gasteiger partial charge in [0.1, 0.15) is 36.4 Å². The Labute approximate surface area is 201 Å². The van der Waals surface area contributed by atoms with Gasteiger partial charge in [0.2, 0.25) is 0 Å². The minimum atomic E-state index is -0.505. The second kappa shape index (κ2) is 11.5. The second-order valence-electron chi connectivity index (χ2n) is 7.11. The third-order valence-electron chi connectivity index (χ3n) is 4.71. The second-order valence-corrected chi connectivity index (χ2v) is 7.96. The number of rotatable bonds is 9. The first-order chi connectivity index (χ1) is 16.7. The van der Waals surface area contributed by atoms with Crippen LogP contribution in [0.3, 0.4) is 0 Å². The number of nitrogens with zero attached hydrogens (tertiary/aromatic N) is 2. The summed E-state index contributed by atoms with van der Waals surface area (Å²) in [6.07, 6.45) is 1.53. The molecule has 1 amide bonds. The fourth-order valence-electron chi connectivity index (χ4n) is 3.05. The van der Waals surface area contributed by atoms with Crippen LogP contribution in [0.5, 0.6) is 11.5 Å². The molecule has 0 fully saturated rings. The Bertz CT molecular complexity index is 1290. The highest BCUT2D eigenvalue weighted by molar-refractivity contribution is 7.14. The SMILES string of the molecule is N#C/C(=C/c1ccc(OCCOc2ccccc2)cc1)C(=O)Nc1nc(-c2ccccc2)cs1. The Balaban J connectivity index is 1.31. The third kappa shape index (κ3) is 6.31. The number of hydrogen-bond donors (Lipinski definition) is 1. The van der Waals surface area contributed by atoms with Crippen LogP contribution in [0, 0.1) is 11.3 Å². The first-order valence-electron chi connectivity index (χ1n) is 10.6. The number of hydrogen-bond acceptors (Lipinski definition) is 6. The highest BCUT2D eigenvalue weighted by atomic mass is 32.1. The van der Waals surface area contributed by atoms with Gasteiger partial charge in [0.25, 0.3) is 5.91 Å². The average molecular weight is 468 g/mol. The first-order valence-corrected chi connectivity index (χ1v) is 11.4. The highest BCUT2D eigenvalue weighted by Crippen LogP contribution is 2.25. The number of benzene rings is 3. The van der Waals surface area contributed by atoms with Crippen LogP contribution in [0.25, 0.3) is 17.3 Å². The summed E-state index contributed by atoms with van der Waals surface area (Å²) in [5, 5.41) is 14.5. The molecule has 34 heavy (non-hydrogen) atoms. The smallest absolute Gasteiger partial charge is 0.268 e. The third-order valence-corrected chi connectivity index (χ3v) is 5.47. The molecule has 0 aliphatic heterocycles. The zero-order valence-electron chi connectivity index (χ0n) is 18.2. The highest BCUT2D eigenvalue weighted by Gasteiger charge is 2.12. The van der Waals surface area contributed by atoms with Gasteiger partial charge in [0.15, 0.2) is 5.13 Å². The summed E-state index contributed by atoms with van der Waals surface area (Å²) in [5.41, 5.74) is 2.43. The van der Waals surface area contributed by atoms with E-state index in [2.05, 4.69) is 10.3 Å². The lowest BCUT2D eigenvalue weighted by Gasteiger charge is -2.08. The Morgan fingerprint density at radius 2 is 1.53 bits per heavy atom. The van der Waals surface area contributed by atoms with Crippen molar-refractivity contribution in [2.24, 2.45) is 0 Å². The van der Waals surface area contributed by atoms with Gasteiger partial charge in [-0.1, -0.05) is 60.7 Å². The van der Waals surface area contributed by atoms with E-state index in [0.29, 0.717) is 29.7 Å². The van der Waals surface area contributed by atoms with Gasteiger partial charge in [-0.25, -0.2) is 4.98 Å². The molecule has 0 saturated heterocycles. The number of nitrogens with one attached hydrogen (secondary N) is 1. The molecule has 0 saturated carbocycles. The van der Waals surface area contributed by atoms with Crippen LogP contribution in [0.15, 0.2) is 95.9 Å². The maximum Gasteiger partial charge on any atom is 0.268 e. The van der Waals surface area contributed by atoms with E-state index >= 15 is 0 Å². The van der Waals surface area contributed by atoms with Gasteiger partial charge in [-0.3, -0.25) is 10.1 Å². The van der Waals surface area contributed by atoms with Crippen LogP contribution in [0.2, 0.25) is 0 Å². The van der Waals surface area contributed by atoms with Crippen molar-refractivity contribution in [3.63, 3.8) is 0 Å². The molecule has 0 unspecified atom stereocenters. The summed E-state index contributed by atoms with van der Waals surface area (Å²) < 4.78 is 11.3. The molecule has 4 aromatic rings. The van der Waals surface area contributed by atoms with Gasteiger partial charge in [-0.2, -0.15) is 5.26 Å². The Morgan fingerprint density at radius 3 is 2.18 bits per heavy atom. The fourth-order valence-corrected chi connectivity index (χ4v) is 3.76. The number of thiazole rings is 1. The summed E-state index contributed by atoms with van der Waals surface area (Å²) in [6.45, 7) is 0.821. The van der Waals surface area contributed by atoms with Gasteiger partial charge in [0.05, 0.1) is 5.69 Å². The van der Waals surface area contributed by atoms with Crippen molar-refractivity contribution in [2.45, 2.75) is 0 Å². The monoisotopic (exact) mass is 467 g/mol. The Hall–Kier alpha value is -4.41. The van der Waals surface area contributed by atoms with Gasteiger partial charge < -0.3 is 9.47 Å². The number of carbonyl (C=O) groups excluding carboxylic acids is 1. The fraction of sp³-hybridized carbons (Fsp3) is 0.0741. The largest absolute Gasteiger partial charge is 0.490 e. The predicted octanol–water partition coefficient (Wildman–Crippen LogP) is 5.81. The molecule has 0 spiro atoms. The summed E-state index contributed by atoms with van der Waals surface area (Å²) in [4.78, 5) is 17.0. The quantitative estimate of drug-likeness (QED) is 0.191. The van der Waals surface area contributed by atoms with Gasteiger partial charge in [-0.05, 0) is 35.9 Å². The zero-order chi connectivity index (χ0) is 23.6. The van der Waals surface area contributed by atoms with E-state index in [9.17, 15) is 10.1 Å². The number of anilines is 1. The summed E-state index contributed by atoms with van der Waals surface area (Å²) in [6, 6.07) is 28.3. The number of nitriles is 1. The molecule has 0 bridgehead atoms. The van der Waals surface area contributed by atoms with Crippen molar-refractivity contribution in [3.05, 3.63) is 101 Å². The maximum absolute atomic E-state index is 12.6. The normalized spacial score (nSPS) is 10.9. The molecule has 1 aromatic heterocycles. The van der Waals surface area contributed by atoms with E-state index in [1.54, 1.807) is 24.3 Å². The number of aromatic nitrogens is 1. The lowest BCUT2D eigenvalue weighted by molar-refractivity contribution is -0.112. The van der Waals surface area contributed by atoms with E-state index < -0.39 is 5.91 Å². The Kier molecular flexibility index (Phi) is 7.67. The lowest BCUT2D eigenvalue weighted by atomic mass is 10.1. The first kappa shape index (κ1) is 22.8. The van der Waals surface area contributed by atoms with Crippen molar-refractivity contribution in [1.29, 1.82) is 5.26 Å². The van der Waals surface area contributed by atoms with Crippen molar-refractivity contribution in [1.82, 2.24) is 4.98 Å². The van der Waals surface area contributed by atoms with Crippen LogP contribution in [-0.2, 0) is 4.79 Å². The minimum Gasteiger partial charge on any atom is -0.490 e. The topological polar surface area (TPSA) is 84.2 Å². The number of para-hydroxylation sites is 1. The van der Waals surface area contributed by atoms with Crippen LogP contribution < -0.4 is 14.8 Å². The van der Waals surface area contributed by atoms with Gasteiger partial charge >= 0.3 is 0 Å². The lowest BCUT2D eigenvalue weighted by Crippen LogP contribution is -2.13. The van der Waals surface area contributed by atoms with E-state index in [-0.39, 0.29) is 5.57 Å². The van der Waals surface area contributed by atoms with E-state index in [1.165, 1.54) is 17.4 Å². The average Bonchev–Trinajstić information content (AvgIpc) is 3.35. The van der Waals surface area contributed by atoms with Crippen LogP contribution in [0.1, 0.15) is 5.56 Å². The van der Waals surface area contributed by atoms with Crippen molar-refractivity contribution in [3.8, 4) is 28.8 Å². The molecule has 0 radical (unpaired) electrons. The van der Waals surface area contributed by atoms with Crippen molar-refractivity contribution in [2.75, 3.05) is 18.5 Å². The summed E-state index contributed by atoms with van der Waals surface area (Å²) >= 11 is 1.31. The molecule has 6 nitrogen and oxygen atoms in total. The van der Waals surface area contributed by atoms with Crippen LogP contribution in [0.4, 0.5) is 5.13 Å². The van der Waals surface area contributed by atoms with Crippen molar-refractivity contribution < 1.29 is 14.3 Å². The predicted molar refractivity (Wildman–Crippen MR) is 134 cm³/mol. The number of amides is 1. The summed E-state index contributed by atoms with van der Waals surface area (Å²) in [7, 11) is 0. The number of carbonyl (C=O) groups is 1. The maximum atomic E-state index is 12.6. The van der Waals surface area contributed by atoms with E-state index in [0.717, 1.165) is 17.0 Å². The zero-order valence-corrected chi connectivity index (χ0v) is 19.0. The van der Waals surface area contributed by atoms with Gasteiger partial charge in [0, 0.05) is 10.9 Å². The molecule has 1 heterocycles. The summed E-state index contributed by atoms with van der Waals surface area (Å²) in [5.74, 6) is 0.964. The van der Waals surface area contributed by atoms with Crippen molar-refractivity contribution >= 4 is 28.5 Å². The molecule has 3 aromatic carbocycles. The molecule has 0 aliphatic rings. The molecular weight excluding hydrogens is 446 g/mol. The van der Waals surface area contributed by atoms with Gasteiger partial charge in [-0.15, -0.1) is 11.3 Å². The molecule has 0 aliphatic carbocycles. The van der Waals surface area contributed by atoms with Crippen LogP contribution in [-0.4, -0.2) is 24.1 Å². The standard InChI is InChI=1S/C27H21N3O3S/c28-18-22(26(31)30-27-29-25(19-34-27)21-7-3-1-4-8-21)17-20-11-13-24(14-12-20)33-16-15-32-23-9-5-2-6-10-23/h1-14,17,19H,15-16H2,(H,29,30,31)/b22-17-. The van der Waals surface area contributed by atoms with E-state index in [1.807, 2.05) is 72.1 Å². The minimum absolute atomic E-state index is 0.0126. The molecular formula is C27H21N3O3S. The number of ether oxygens (including phenoxy) is 2. The molecule has 0 atom stereocenters. The Morgan fingerprint density at radius 1 is 0.912 bits per heavy atom. The molecule has 7 heteroatoms. The van der Waals surface area contributed by atoms with E-state index in [4.69, 9.17) is 9.47 Å².